The number of likely N-dealkylation sites (N-methyl/N-ethyl adjacent to an activating group) is 2. The van der Waals surface area contributed by atoms with Crippen LogP contribution in [-0.4, -0.2) is 78.7 Å². The van der Waals surface area contributed by atoms with Gasteiger partial charge >= 0.3 is 0 Å². The molecule has 2 aromatic rings. The summed E-state index contributed by atoms with van der Waals surface area (Å²) < 4.78 is 29.1. The molecule has 2 aromatic carbocycles. The molecular formula is C29H38F2N4O3. The first kappa shape index (κ1) is 29.2. The van der Waals surface area contributed by atoms with Crippen LogP contribution in [0.3, 0.4) is 0 Å². The molecule has 3 amide bonds. The summed E-state index contributed by atoms with van der Waals surface area (Å²) in [6, 6.07) is 9.27. The Labute approximate surface area is 223 Å². The van der Waals surface area contributed by atoms with Gasteiger partial charge in [-0.2, -0.15) is 0 Å². The molecule has 0 aliphatic carbocycles. The van der Waals surface area contributed by atoms with Crippen molar-refractivity contribution in [1.82, 2.24) is 20.0 Å². The van der Waals surface area contributed by atoms with Gasteiger partial charge in [-0.25, -0.2) is 8.78 Å². The number of rotatable bonds is 11. The second-order valence-corrected chi connectivity index (χ2v) is 10.6. The highest BCUT2D eigenvalue weighted by Crippen LogP contribution is 2.33. The van der Waals surface area contributed by atoms with Crippen LogP contribution in [0.4, 0.5) is 8.78 Å². The minimum absolute atomic E-state index is 0.0159. The lowest BCUT2D eigenvalue weighted by Gasteiger charge is -2.44. The maximum Gasteiger partial charge on any atom is 0.249 e. The van der Waals surface area contributed by atoms with E-state index in [1.807, 2.05) is 63.2 Å². The number of hydrogen-bond donors (Lipinski definition) is 1. The van der Waals surface area contributed by atoms with Crippen LogP contribution in [-0.2, 0) is 20.8 Å². The van der Waals surface area contributed by atoms with Gasteiger partial charge in [0.25, 0.3) is 0 Å². The summed E-state index contributed by atoms with van der Waals surface area (Å²) in [7, 11) is 5.31. The van der Waals surface area contributed by atoms with Gasteiger partial charge in [-0.05, 0) is 50.9 Å². The zero-order valence-electron chi connectivity index (χ0n) is 22.8. The predicted octanol–water partition coefficient (Wildman–Crippen LogP) is 3.40. The quantitative estimate of drug-likeness (QED) is 0.485. The molecule has 1 fully saturated rings. The van der Waals surface area contributed by atoms with Gasteiger partial charge < -0.3 is 20.0 Å². The van der Waals surface area contributed by atoms with Crippen LogP contribution in [0.2, 0.25) is 0 Å². The van der Waals surface area contributed by atoms with Crippen LogP contribution in [0, 0.1) is 17.6 Å². The molecule has 7 nitrogen and oxygen atoms in total. The molecule has 0 spiro atoms. The van der Waals surface area contributed by atoms with E-state index in [0.29, 0.717) is 32.0 Å². The molecule has 1 heterocycles. The lowest BCUT2D eigenvalue weighted by molar-refractivity contribution is -0.159. The summed E-state index contributed by atoms with van der Waals surface area (Å²) in [6.07, 6.45) is 1.15. The fourth-order valence-electron chi connectivity index (χ4n) is 4.71. The van der Waals surface area contributed by atoms with Crippen molar-refractivity contribution in [2.24, 2.45) is 5.92 Å². The third kappa shape index (κ3) is 7.16. The third-order valence-electron chi connectivity index (χ3n) is 6.79. The second-order valence-electron chi connectivity index (χ2n) is 10.6. The van der Waals surface area contributed by atoms with Crippen LogP contribution >= 0.6 is 0 Å². The largest absolute Gasteiger partial charge is 0.342 e. The molecule has 0 bridgehead atoms. The molecule has 206 valence electrons. The van der Waals surface area contributed by atoms with Crippen molar-refractivity contribution in [1.29, 1.82) is 0 Å². The molecule has 1 aliphatic rings. The van der Waals surface area contributed by atoms with Crippen molar-refractivity contribution in [3.05, 3.63) is 71.3 Å². The average molecular weight is 529 g/mol. The highest BCUT2D eigenvalue weighted by atomic mass is 19.1. The number of aryl methyl sites for hydroxylation is 1. The molecule has 1 aliphatic heterocycles. The maximum absolute atomic E-state index is 15.2. The number of nitrogens with zero attached hydrogens (tertiary/aromatic N) is 3. The number of carbonyl (C=O) groups is 3. The lowest BCUT2D eigenvalue weighted by Crippen LogP contribution is -2.65. The number of benzene rings is 2. The zero-order valence-corrected chi connectivity index (χ0v) is 22.8. The van der Waals surface area contributed by atoms with Crippen molar-refractivity contribution in [3.8, 4) is 0 Å². The molecule has 38 heavy (non-hydrogen) atoms. The Hall–Kier alpha value is -3.33. The first-order valence-corrected chi connectivity index (χ1v) is 13.0. The number of piperazine rings is 1. The Morgan fingerprint density at radius 2 is 1.71 bits per heavy atom. The van der Waals surface area contributed by atoms with Gasteiger partial charge in [0, 0.05) is 31.8 Å². The van der Waals surface area contributed by atoms with E-state index in [1.165, 1.54) is 15.9 Å². The van der Waals surface area contributed by atoms with E-state index in [0.717, 1.165) is 11.6 Å². The van der Waals surface area contributed by atoms with E-state index < -0.39 is 41.6 Å². The standard InChI is InChI=1S/C29H38F2N4O3/c1-19(2)17-25-27(36)32-24(14-11-20-9-7-6-8-10-20)28(37)35(25)26(22-13-12-21(30)18-23(22)31)29(38)34(5)16-15-33(3)4/h6-10,12-13,18-19,24-26H,11,14-17H2,1-5H3,(H,32,36)/t24?,25-,26-/m1/s1. The minimum Gasteiger partial charge on any atom is -0.342 e. The molecule has 0 radical (unpaired) electrons. The van der Waals surface area contributed by atoms with Crippen molar-refractivity contribution in [2.75, 3.05) is 34.2 Å². The fraction of sp³-hybridized carbons (Fsp3) is 0.483. The summed E-state index contributed by atoms with van der Waals surface area (Å²) in [6.45, 7) is 4.70. The second kappa shape index (κ2) is 13.0. The number of nitrogens with one attached hydrogen (secondary N) is 1. The van der Waals surface area contributed by atoms with Crippen LogP contribution in [0.5, 0.6) is 0 Å². The molecule has 3 atom stereocenters. The summed E-state index contributed by atoms with van der Waals surface area (Å²) in [5.41, 5.74) is 0.873. The van der Waals surface area contributed by atoms with Crippen molar-refractivity contribution >= 4 is 17.7 Å². The van der Waals surface area contributed by atoms with Crippen LogP contribution in [0.15, 0.2) is 48.5 Å². The highest BCUT2D eigenvalue weighted by molar-refractivity contribution is 6.00. The highest BCUT2D eigenvalue weighted by Gasteiger charge is 2.47. The topological polar surface area (TPSA) is 73.0 Å². The number of halogens is 2. The molecular weight excluding hydrogens is 490 g/mol. The van der Waals surface area contributed by atoms with Crippen molar-refractivity contribution in [2.45, 2.75) is 51.2 Å². The van der Waals surface area contributed by atoms with E-state index in [1.54, 1.807) is 7.05 Å². The Kier molecular flexibility index (Phi) is 9.96. The van der Waals surface area contributed by atoms with E-state index >= 15 is 4.39 Å². The molecule has 1 N–H and O–H groups in total. The number of carbonyl (C=O) groups excluding carboxylic acids is 3. The fourth-order valence-corrected chi connectivity index (χ4v) is 4.71. The Morgan fingerprint density at radius 3 is 2.32 bits per heavy atom. The van der Waals surface area contributed by atoms with Crippen LogP contribution in [0.1, 0.15) is 43.9 Å². The van der Waals surface area contributed by atoms with E-state index in [2.05, 4.69) is 5.32 Å². The smallest absolute Gasteiger partial charge is 0.249 e. The van der Waals surface area contributed by atoms with E-state index in [9.17, 15) is 18.8 Å². The molecule has 1 saturated heterocycles. The van der Waals surface area contributed by atoms with Crippen LogP contribution in [0.25, 0.3) is 0 Å². The molecule has 9 heteroatoms. The zero-order chi connectivity index (χ0) is 28.0. The lowest BCUT2D eigenvalue weighted by atomic mass is 9.91. The predicted molar refractivity (Wildman–Crippen MR) is 142 cm³/mol. The SMILES string of the molecule is CC(C)C[C@@H]1C(=O)NC(CCc2ccccc2)C(=O)N1[C@@H](C(=O)N(C)CCN(C)C)c1ccc(F)cc1F. The molecule has 1 unspecified atom stereocenters. The van der Waals surface area contributed by atoms with E-state index in [-0.39, 0.29) is 23.8 Å². The summed E-state index contributed by atoms with van der Waals surface area (Å²) in [4.78, 5) is 45.9. The minimum atomic E-state index is -1.41. The van der Waals surface area contributed by atoms with Gasteiger partial charge in [0.2, 0.25) is 17.7 Å². The molecule has 3 rings (SSSR count). The molecule has 0 aromatic heterocycles. The van der Waals surface area contributed by atoms with Crippen molar-refractivity contribution in [3.63, 3.8) is 0 Å². The Balaban J connectivity index is 2.04. The third-order valence-corrected chi connectivity index (χ3v) is 6.79. The first-order valence-electron chi connectivity index (χ1n) is 13.0. The van der Waals surface area contributed by atoms with Gasteiger partial charge in [-0.3, -0.25) is 14.4 Å². The monoisotopic (exact) mass is 528 g/mol. The van der Waals surface area contributed by atoms with Gasteiger partial charge in [-0.15, -0.1) is 0 Å². The average Bonchev–Trinajstić information content (AvgIpc) is 2.86. The summed E-state index contributed by atoms with van der Waals surface area (Å²) >= 11 is 0. The molecule has 0 saturated carbocycles. The van der Waals surface area contributed by atoms with Crippen molar-refractivity contribution < 1.29 is 23.2 Å². The summed E-state index contributed by atoms with van der Waals surface area (Å²) in [5, 5.41) is 2.84. The van der Waals surface area contributed by atoms with Gasteiger partial charge in [0.05, 0.1) is 0 Å². The first-order chi connectivity index (χ1) is 18.0. The number of hydrogen-bond acceptors (Lipinski definition) is 4. The maximum atomic E-state index is 15.2. The Morgan fingerprint density at radius 1 is 1.03 bits per heavy atom. The summed E-state index contributed by atoms with van der Waals surface area (Å²) in [5.74, 6) is -3.08. The van der Waals surface area contributed by atoms with Crippen LogP contribution < -0.4 is 5.32 Å². The van der Waals surface area contributed by atoms with E-state index in [4.69, 9.17) is 0 Å². The number of amides is 3. The van der Waals surface area contributed by atoms with Gasteiger partial charge in [0.15, 0.2) is 0 Å². The van der Waals surface area contributed by atoms with Gasteiger partial charge in [0.1, 0.15) is 29.8 Å². The van der Waals surface area contributed by atoms with Gasteiger partial charge in [-0.1, -0.05) is 50.2 Å². The normalized spacial score (nSPS) is 18.6. The Bertz CT molecular complexity index is 1130.